The van der Waals surface area contributed by atoms with Crippen molar-refractivity contribution in [3.05, 3.63) is 27.7 Å². The van der Waals surface area contributed by atoms with Gasteiger partial charge in [-0.2, -0.15) is 0 Å². The minimum Gasteiger partial charge on any atom is -0.480 e. The van der Waals surface area contributed by atoms with E-state index in [4.69, 9.17) is 28.9 Å². The van der Waals surface area contributed by atoms with Crippen LogP contribution in [0.5, 0.6) is 0 Å². The Morgan fingerprint density at radius 3 is 2.80 bits per heavy atom. The van der Waals surface area contributed by atoms with E-state index in [1.165, 1.54) is 0 Å². The summed E-state index contributed by atoms with van der Waals surface area (Å²) < 4.78 is 0. The van der Waals surface area contributed by atoms with Crippen molar-refractivity contribution in [1.82, 2.24) is 4.90 Å². The number of nitrogens with zero attached hydrogens (tertiary/aromatic N) is 1. The van der Waals surface area contributed by atoms with Crippen LogP contribution in [0, 0.1) is 0 Å². The Bertz CT molecular complexity index is 513. The van der Waals surface area contributed by atoms with E-state index in [0.717, 1.165) is 11.3 Å². The molecule has 0 saturated heterocycles. The van der Waals surface area contributed by atoms with Crippen LogP contribution in [0.1, 0.15) is 18.9 Å². The van der Waals surface area contributed by atoms with Crippen molar-refractivity contribution < 1.29 is 9.90 Å². The maximum atomic E-state index is 11.3. The lowest BCUT2D eigenvalue weighted by Crippen LogP contribution is -2.56. The molecule has 2 atom stereocenters. The number of carboxylic acid groups (broad SMARTS) is 1. The molecule has 8 heteroatoms. The van der Waals surface area contributed by atoms with Gasteiger partial charge in [0.15, 0.2) is 0 Å². The Morgan fingerprint density at radius 1 is 1.60 bits per heavy atom. The molecule has 0 aromatic heterocycles. The van der Waals surface area contributed by atoms with Crippen LogP contribution in [0.4, 0.5) is 5.69 Å². The Kier molecular flexibility index (Phi) is 5.91. The summed E-state index contributed by atoms with van der Waals surface area (Å²) in [5, 5.41) is 13.2. The van der Waals surface area contributed by atoms with E-state index >= 15 is 0 Å². The first-order valence-corrected chi connectivity index (χ1v) is 6.68. The van der Waals surface area contributed by atoms with Crippen LogP contribution in [-0.4, -0.2) is 28.3 Å². The number of carbonyl (C=O) groups is 1. The molecule has 20 heavy (non-hydrogen) atoms. The van der Waals surface area contributed by atoms with Gasteiger partial charge in [0.1, 0.15) is 12.3 Å². The highest BCUT2D eigenvalue weighted by Gasteiger charge is 2.33. The molecular weight excluding hydrogens is 325 g/mol. The molecule has 0 fully saturated rings. The zero-order valence-corrected chi connectivity index (χ0v) is 13.1. The number of hydrogen-bond acceptors (Lipinski definition) is 4. The normalized spacial score (nSPS) is 19.5. The van der Waals surface area contributed by atoms with E-state index in [1.54, 1.807) is 24.0 Å². The van der Waals surface area contributed by atoms with Crippen LogP contribution in [-0.2, 0) is 11.3 Å². The highest BCUT2D eigenvalue weighted by molar-refractivity contribution is 6.42. The summed E-state index contributed by atoms with van der Waals surface area (Å²) in [6.45, 7) is 2.16. The SMILES string of the molecule is CCC(C(=O)O)N1Cc2c(ccc(Cl)c2Cl)NC1N.Cl. The van der Waals surface area contributed by atoms with Crippen molar-refractivity contribution in [2.45, 2.75) is 32.2 Å². The maximum Gasteiger partial charge on any atom is 0.321 e. The largest absolute Gasteiger partial charge is 0.480 e. The third-order valence-electron chi connectivity index (χ3n) is 3.27. The molecule has 0 aliphatic carbocycles. The van der Waals surface area contributed by atoms with Gasteiger partial charge in [0.25, 0.3) is 0 Å². The zero-order valence-electron chi connectivity index (χ0n) is 10.8. The fraction of sp³-hybridized carbons (Fsp3) is 0.417. The van der Waals surface area contributed by atoms with E-state index in [2.05, 4.69) is 5.32 Å². The molecule has 1 aromatic carbocycles. The van der Waals surface area contributed by atoms with Crippen LogP contribution in [0.3, 0.4) is 0 Å². The number of nitrogens with two attached hydrogens (primary N) is 1. The fourth-order valence-corrected chi connectivity index (χ4v) is 2.66. The molecule has 5 nitrogen and oxygen atoms in total. The van der Waals surface area contributed by atoms with E-state index in [0.29, 0.717) is 23.0 Å². The number of hydrogen-bond donors (Lipinski definition) is 3. The average Bonchev–Trinajstić information content (AvgIpc) is 2.36. The molecule has 1 aliphatic heterocycles. The number of aliphatic carboxylic acids is 1. The lowest BCUT2D eigenvalue weighted by molar-refractivity contribution is -0.144. The van der Waals surface area contributed by atoms with Gasteiger partial charge in [-0.15, -0.1) is 12.4 Å². The maximum absolute atomic E-state index is 11.3. The van der Waals surface area contributed by atoms with Gasteiger partial charge >= 0.3 is 5.97 Å². The van der Waals surface area contributed by atoms with Crippen molar-refractivity contribution in [3.8, 4) is 0 Å². The molecule has 1 aromatic rings. The summed E-state index contributed by atoms with van der Waals surface area (Å²) in [6, 6.07) is 2.82. The average molecular weight is 341 g/mol. The molecule has 0 bridgehead atoms. The topological polar surface area (TPSA) is 78.6 Å². The number of anilines is 1. The second-order valence-corrected chi connectivity index (χ2v) is 5.20. The molecule has 2 rings (SSSR count). The van der Waals surface area contributed by atoms with Gasteiger partial charge in [-0.25, -0.2) is 0 Å². The van der Waals surface area contributed by atoms with Gasteiger partial charge in [-0.3, -0.25) is 15.4 Å². The minimum atomic E-state index is -0.902. The fourth-order valence-electron chi connectivity index (χ4n) is 2.26. The van der Waals surface area contributed by atoms with Crippen molar-refractivity contribution >= 4 is 47.3 Å². The van der Waals surface area contributed by atoms with Gasteiger partial charge in [0.05, 0.1) is 10.0 Å². The monoisotopic (exact) mass is 339 g/mol. The van der Waals surface area contributed by atoms with Gasteiger partial charge in [-0.1, -0.05) is 30.1 Å². The molecule has 0 radical (unpaired) electrons. The van der Waals surface area contributed by atoms with Crippen LogP contribution < -0.4 is 11.1 Å². The van der Waals surface area contributed by atoms with Crippen LogP contribution in [0.2, 0.25) is 10.0 Å². The number of nitrogens with one attached hydrogen (secondary N) is 1. The van der Waals surface area contributed by atoms with Crippen molar-refractivity contribution in [3.63, 3.8) is 0 Å². The number of halogens is 3. The van der Waals surface area contributed by atoms with E-state index in [-0.39, 0.29) is 12.4 Å². The highest BCUT2D eigenvalue weighted by atomic mass is 35.5. The second-order valence-electron chi connectivity index (χ2n) is 4.41. The third-order valence-corrected chi connectivity index (χ3v) is 4.11. The summed E-state index contributed by atoms with van der Waals surface area (Å²) in [4.78, 5) is 12.9. The molecule has 1 aliphatic rings. The van der Waals surface area contributed by atoms with Crippen LogP contribution in [0.15, 0.2) is 12.1 Å². The summed E-state index contributed by atoms with van der Waals surface area (Å²) in [5.41, 5.74) is 7.54. The second kappa shape index (κ2) is 6.83. The molecule has 0 spiro atoms. The first-order chi connectivity index (χ1) is 8.95. The molecule has 112 valence electrons. The van der Waals surface area contributed by atoms with Gasteiger partial charge in [0, 0.05) is 17.8 Å². The highest BCUT2D eigenvalue weighted by Crippen LogP contribution is 2.36. The standard InChI is InChI=1S/C12H15Cl2N3O2.ClH/c1-2-9(11(18)19)17-5-6-8(16-12(17)15)4-3-7(13)10(6)14;/h3-4,9,12,16H,2,5,15H2,1H3,(H,18,19);1H. The summed E-state index contributed by atoms with van der Waals surface area (Å²) in [7, 11) is 0. The smallest absolute Gasteiger partial charge is 0.321 e. The number of carboxylic acids is 1. The van der Waals surface area contributed by atoms with Crippen LogP contribution in [0.25, 0.3) is 0 Å². The number of rotatable bonds is 3. The van der Waals surface area contributed by atoms with Crippen LogP contribution >= 0.6 is 35.6 Å². The van der Waals surface area contributed by atoms with Gasteiger partial charge < -0.3 is 10.4 Å². The Labute approximate surface area is 133 Å². The predicted octanol–water partition coefficient (Wildman–Crippen LogP) is 2.75. The Morgan fingerprint density at radius 2 is 2.25 bits per heavy atom. The number of fused-ring (bicyclic) bond motifs is 1. The van der Waals surface area contributed by atoms with E-state index in [9.17, 15) is 9.90 Å². The van der Waals surface area contributed by atoms with E-state index in [1.807, 2.05) is 0 Å². The lowest BCUT2D eigenvalue weighted by Gasteiger charge is -2.39. The summed E-state index contributed by atoms with van der Waals surface area (Å²) >= 11 is 12.1. The first-order valence-electron chi connectivity index (χ1n) is 5.93. The molecule has 0 amide bonds. The van der Waals surface area contributed by atoms with Gasteiger partial charge in [-0.05, 0) is 18.6 Å². The minimum absolute atomic E-state index is 0. The summed E-state index contributed by atoms with van der Waals surface area (Å²) in [6.07, 6.45) is -0.108. The zero-order chi connectivity index (χ0) is 14.2. The molecule has 1 heterocycles. The van der Waals surface area contributed by atoms with Crippen molar-refractivity contribution in [2.24, 2.45) is 5.73 Å². The predicted molar refractivity (Wildman–Crippen MR) is 82.6 cm³/mol. The van der Waals surface area contributed by atoms with Crippen molar-refractivity contribution in [2.75, 3.05) is 5.32 Å². The number of benzene rings is 1. The lowest BCUT2D eigenvalue weighted by atomic mass is 10.1. The first kappa shape index (κ1) is 17.3. The van der Waals surface area contributed by atoms with Gasteiger partial charge in [0.2, 0.25) is 0 Å². The molecule has 0 saturated carbocycles. The quantitative estimate of drug-likeness (QED) is 0.788. The Balaban J connectivity index is 0.00000200. The van der Waals surface area contributed by atoms with E-state index < -0.39 is 18.3 Å². The van der Waals surface area contributed by atoms with Crippen molar-refractivity contribution in [1.29, 1.82) is 0 Å². The molecule has 4 N–H and O–H groups in total. The summed E-state index contributed by atoms with van der Waals surface area (Å²) in [5.74, 6) is -0.902. The Hall–Kier alpha value is -0.720. The molecule has 2 unspecified atom stereocenters. The molecular formula is C12H16Cl3N3O2. The third kappa shape index (κ3) is 3.13.